The van der Waals surface area contributed by atoms with Crippen LogP contribution in [0.25, 0.3) is 11.0 Å². The van der Waals surface area contributed by atoms with E-state index in [2.05, 4.69) is 27.0 Å². The summed E-state index contributed by atoms with van der Waals surface area (Å²) in [5.41, 5.74) is 5.16. The molecule has 134 valence electrons. The number of amides is 1. The van der Waals surface area contributed by atoms with Gasteiger partial charge in [-0.3, -0.25) is 4.79 Å². The molecule has 2 aromatic carbocycles. The minimum atomic E-state index is -0.217. The largest absolute Gasteiger partial charge is 0.319 e. The predicted octanol–water partition coefficient (Wildman–Crippen LogP) is 4.61. The highest BCUT2D eigenvalue weighted by molar-refractivity contribution is 7.99. The molecule has 0 fully saturated rings. The van der Waals surface area contributed by atoms with Crippen molar-refractivity contribution in [2.24, 2.45) is 5.10 Å². The van der Waals surface area contributed by atoms with E-state index < -0.39 is 0 Å². The first-order chi connectivity index (χ1) is 12.6. The lowest BCUT2D eigenvalue weighted by molar-refractivity contribution is -0.118. The molecule has 0 aliphatic rings. The number of hydrazone groups is 1. The van der Waals surface area contributed by atoms with Crippen molar-refractivity contribution in [1.29, 1.82) is 0 Å². The smallest absolute Gasteiger partial charge is 0.250 e. The molecule has 0 bridgehead atoms. The van der Waals surface area contributed by atoms with Gasteiger partial charge in [0, 0.05) is 17.1 Å². The summed E-state index contributed by atoms with van der Waals surface area (Å²) in [6.07, 6.45) is 1.49. The van der Waals surface area contributed by atoms with Gasteiger partial charge in [-0.2, -0.15) is 5.10 Å². The molecule has 0 saturated carbocycles. The summed E-state index contributed by atoms with van der Waals surface area (Å²) >= 11 is 13.3. The number of halogens is 2. The van der Waals surface area contributed by atoms with Crippen molar-refractivity contribution >= 4 is 58.1 Å². The number of aryl methyl sites for hydroxylation is 1. The van der Waals surface area contributed by atoms with E-state index in [1.807, 2.05) is 24.3 Å². The highest BCUT2D eigenvalue weighted by Gasteiger charge is 2.11. The second kappa shape index (κ2) is 8.58. The molecule has 0 atom stereocenters. The molecule has 0 unspecified atom stereocenters. The van der Waals surface area contributed by atoms with E-state index in [0.717, 1.165) is 22.7 Å². The monoisotopic (exact) mass is 406 g/mol. The Labute approximate surface area is 165 Å². The third-order valence-electron chi connectivity index (χ3n) is 3.62. The Balaban J connectivity index is 1.60. The zero-order valence-electron chi connectivity index (χ0n) is 13.9. The van der Waals surface area contributed by atoms with E-state index >= 15 is 0 Å². The van der Waals surface area contributed by atoms with Gasteiger partial charge in [0.25, 0.3) is 5.91 Å². The fraction of sp³-hybridized carbons (Fsp3) is 0.167. The fourth-order valence-electron chi connectivity index (χ4n) is 2.41. The van der Waals surface area contributed by atoms with Crippen LogP contribution >= 0.6 is 35.0 Å². The molecule has 3 rings (SSSR count). The van der Waals surface area contributed by atoms with Crippen LogP contribution in [0.2, 0.25) is 10.0 Å². The average molecular weight is 407 g/mol. The summed E-state index contributed by atoms with van der Waals surface area (Å²) in [5.74, 6) is 0.000649. The second-order valence-corrected chi connectivity index (χ2v) is 7.16. The van der Waals surface area contributed by atoms with E-state index in [4.69, 9.17) is 23.2 Å². The molecule has 1 N–H and O–H groups in total. The van der Waals surface area contributed by atoms with E-state index in [-0.39, 0.29) is 11.7 Å². The maximum absolute atomic E-state index is 12.0. The van der Waals surface area contributed by atoms with Crippen LogP contribution in [0.4, 0.5) is 0 Å². The van der Waals surface area contributed by atoms with Gasteiger partial charge in [-0.25, -0.2) is 10.4 Å². The normalized spacial score (nSPS) is 11.3. The van der Waals surface area contributed by atoms with Gasteiger partial charge in [-0.05, 0) is 31.2 Å². The number of carbonyl (C=O) groups is 1. The Morgan fingerprint density at radius 2 is 2.12 bits per heavy atom. The number of nitrogens with zero attached hydrogens (tertiary/aromatic N) is 3. The summed E-state index contributed by atoms with van der Waals surface area (Å²) in [6.45, 7) is 2.84. The number of para-hydroxylation sites is 2. The number of fused-ring (bicyclic) bond motifs is 1. The van der Waals surface area contributed by atoms with E-state index in [0.29, 0.717) is 15.6 Å². The molecule has 1 aromatic heterocycles. The van der Waals surface area contributed by atoms with Gasteiger partial charge in [0.1, 0.15) is 0 Å². The molecule has 0 aliphatic heterocycles. The maximum atomic E-state index is 12.0. The van der Waals surface area contributed by atoms with Crippen molar-refractivity contribution in [2.75, 3.05) is 5.75 Å². The van der Waals surface area contributed by atoms with Crippen LogP contribution in [0.15, 0.2) is 52.7 Å². The number of hydrogen-bond acceptors (Lipinski definition) is 4. The fourth-order valence-corrected chi connectivity index (χ4v) is 3.74. The second-order valence-electron chi connectivity index (χ2n) is 5.38. The Morgan fingerprint density at radius 1 is 1.31 bits per heavy atom. The van der Waals surface area contributed by atoms with Crippen molar-refractivity contribution in [1.82, 2.24) is 15.0 Å². The number of carbonyl (C=O) groups excluding carboxylic acids is 1. The van der Waals surface area contributed by atoms with Crippen LogP contribution in [0.3, 0.4) is 0 Å². The van der Waals surface area contributed by atoms with Crippen LogP contribution in [0, 0.1) is 0 Å². The number of thioether (sulfide) groups is 1. The molecule has 1 amide bonds. The first kappa shape index (κ1) is 18.8. The molecule has 5 nitrogen and oxygen atoms in total. The molecule has 3 aromatic rings. The molecule has 8 heteroatoms. The third kappa shape index (κ3) is 4.38. The van der Waals surface area contributed by atoms with Gasteiger partial charge >= 0.3 is 0 Å². The SMILES string of the molecule is CCn1c(SCC(=O)NN=Cc2ccc(Cl)cc2Cl)nc2ccccc21. The van der Waals surface area contributed by atoms with E-state index in [1.165, 1.54) is 18.0 Å². The third-order valence-corrected chi connectivity index (χ3v) is 5.16. The zero-order chi connectivity index (χ0) is 18.5. The summed E-state index contributed by atoms with van der Waals surface area (Å²) in [5, 5.41) is 5.77. The molecule has 0 saturated heterocycles. The number of rotatable bonds is 6. The Morgan fingerprint density at radius 3 is 2.88 bits per heavy atom. The Hall–Kier alpha value is -2.02. The highest BCUT2D eigenvalue weighted by Crippen LogP contribution is 2.23. The van der Waals surface area contributed by atoms with Gasteiger partial charge in [0.15, 0.2) is 5.16 Å². The van der Waals surface area contributed by atoms with Crippen molar-refractivity contribution in [3.8, 4) is 0 Å². The standard InChI is InChI=1S/C18H16Cl2N4OS/c1-2-24-16-6-4-3-5-15(16)22-18(24)26-11-17(25)23-21-10-12-7-8-13(19)9-14(12)20/h3-10H,2,11H2,1H3,(H,23,25). The lowest BCUT2D eigenvalue weighted by atomic mass is 10.2. The van der Waals surface area contributed by atoms with E-state index in [1.54, 1.807) is 18.2 Å². The van der Waals surface area contributed by atoms with Crippen molar-refractivity contribution < 1.29 is 4.79 Å². The van der Waals surface area contributed by atoms with E-state index in [9.17, 15) is 4.79 Å². The molecule has 0 spiro atoms. The number of hydrogen-bond donors (Lipinski definition) is 1. The van der Waals surface area contributed by atoms with Gasteiger partial charge in [-0.15, -0.1) is 0 Å². The lowest BCUT2D eigenvalue weighted by Gasteiger charge is -2.05. The zero-order valence-corrected chi connectivity index (χ0v) is 16.3. The van der Waals surface area contributed by atoms with Crippen LogP contribution in [0.1, 0.15) is 12.5 Å². The Bertz CT molecular complexity index is 971. The molecular weight excluding hydrogens is 391 g/mol. The van der Waals surface area contributed by atoms with Gasteiger partial charge in [-0.1, -0.05) is 53.2 Å². The van der Waals surface area contributed by atoms with Crippen molar-refractivity contribution in [2.45, 2.75) is 18.6 Å². The van der Waals surface area contributed by atoms with Crippen LogP contribution < -0.4 is 5.43 Å². The number of nitrogens with one attached hydrogen (secondary N) is 1. The van der Waals surface area contributed by atoms with Crippen LogP contribution in [-0.4, -0.2) is 27.4 Å². The lowest BCUT2D eigenvalue weighted by Crippen LogP contribution is -2.20. The van der Waals surface area contributed by atoms with Gasteiger partial charge in [0.2, 0.25) is 0 Å². The molecular formula is C18H16Cl2N4OS. The van der Waals surface area contributed by atoms with Crippen LogP contribution in [0.5, 0.6) is 0 Å². The number of imidazole rings is 1. The topological polar surface area (TPSA) is 59.3 Å². The minimum absolute atomic E-state index is 0.217. The van der Waals surface area contributed by atoms with Crippen molar-refractivity contribution in [3.63, 3.8) is 0 Å². The quantitative estimate of drug-likeness (QED) is 0.369. The van der Waals surface area contributed by atoms with Gasteiger partial charge in [0.05, 0.1) is 28.0 Å². The highest BCUT2D eigenvalue weighted by atomic mass is 35.5. The first-order valence-electron chi connectivity index (χ1n) is 7.93. The summed E-state index contributed by atoms with van der Waals surface area (Å²) in [6, 6.07) is 13.0. The summed E-state index contributed by atoms with van der Waals surface area (Å²) < 4.78 is 2.09. The maximum Gasteiger partial charge on any atom is 0.250 e. The molecule has 0 radical (unpaired) electrons. The average Bonchev–Trinajstić information content (AvgIpc) is 2.99. The summed E-state index contributed by atoms with van der Waals surface area (Å²) in [4.78, 5) is 16.6. The van der Waals surface area contributed by atoms with Crippen LogP contribution in [-0.2, 0) is 11.3 Å². The van der Waals surface area contributed by atoms with Gasteiger partial charge < -0.3 is 4.57 Å². The Kier molecular flexibility index (Phi) is 6.19. The molecule has 0 aliphatic carbocycles. The molecule has 26 heavy (non-hydrogen) atoms. The minimum Gasteiger partial charge on any atom is -0.319 e. The predicted molar refractivity (Wildman–Crippen MR) is 108 cm³/mol. The summed E-state index contributed by atoms with van der Waals surface area (Å²) in [7, 11) is 0. The number of aromatic nitrogens is 2. The molecule has 1 heterocycles. The number of benzene rings is 2. The van der Waals surface area contributed by atoms with Crippen molar-refractivity contribution in [3.05, 3.63) is 58.1 Å². The first-order valence-corrected chi connectivity index (χ1v) is 9.67.